The first-order chi connectivity index (χ1) is 9.13. The third-order valence-corrected chi connectivity index (χ3v) is 3.97. The van der Waals surface area contributed by atoms with Crippen LogP contribution in [0.2, 0.25) is 0 Å². The Balaban J connectivity index is 1.91. The van der Waals surface area contributed by atoms with E-state index in [0.29, 0.717) is 6.61 Å². The van der Waals surface area contributed by atoms with E-state index < -0.39 is 0 Å². The summed E-state index contributed by atoms with van der Waals surface area (Å²) in [7, 11) is 0. The quantitative estimate of drug-likeness (QED) is 0.829. The van der Waals surface area contributed by atoms with E-state index in [0.717, 1.165) is 15.9 Å². The standard InChI is InChI=1S/C16H16BrNO/c1-10-3-5-13(11(2)7-10)15-9-19-16-8-12(17)4-6-14(16)18-15/h3-8,15,18H,9H2,1-2H3. The van der Waals surface area contributed by atoms with Crippen LogP contribution in [0.4, 0.5) is 5.69 Å². The lowest BCUT2D eigenvalue weighted by atomic mass is 9.98. The third-order valence-electron chi connectivity index (χ3n) is 3.48. The van der Waals surface area contributed by atoms with Crippen LogP contribution in [-0.4, -0.2) is 6.61 Å². The highest BCUT2D eigenvalue weighted by Gasteiger charge is 2.21. The van der Waals surface area contributed by atoms with Gasteiger partial charge in [-0.15, -0.1) is 0 Å². The molecule has 0 radical (unpaired) electrons. The molecule has 0 saturated carbocycles. The summed E-state index contributed by atoms with van der Waals surface area (Å²) in [6.45, 7) is 4.93. The maximum atomic E-state index is 5.86. The SMILES string of the molecule is Cc1ccc(C2COc3cc(Br)ccc3N2)c(C)c1. The van der Waals surface area contributed by atoms with Crippen LogP contribution in [0.3, 0.4) is 0 Å². The van der Waals surface area contributed by atoms with Gasteiger partial charge in [0.1, 0.15) is 12.4 Å². The number of ether oxygens (including phenoxy) is 1. The number of anilines is 1. The number of fused-ring (bicyclic) bond motifs is 1. The number of rotatable bonds is 1. The first-order valence-corrected chi connectivity index (χ1v) is 7.19. The molecule has 0 aromatic heterocycles. The van der Waals surface area contributed by atoms with Crippen LogP contribution in [0, 0.1) is 13.8 Å². The van der Waals surface area contributed by atoms with Crippen LogP contribution >= 0.6 is 15.9 Å². The summed E-state index contributed by atoms with van der Waals surface area (Å²) >= 11 is 3.46. The van der Waals surface area contributed by atoms with Gasteiger partial charge >= 0.3 is 0 Å². The minimum Gasteiger partial charge on any atom is -0.489 e. The molecular weight excluding hydrogens is 302 g/mol. The molecule has 2 aromatic carbocycles. The van der Waals surface area contributed by atoms with Gasteiger partial charge in [-0.2, -0.15) is 0 Å². The molecule has 0 amide bonds. The normalized spacial score (nSPS) is 17.3. The van der Waals surface area contributed by atoms with E-state index in [-0.39, 0.29) is 6.04 Å². The van der Waals surface area contributed by atoms with Gasteiger partial charge in [0.05, 0.1) is 11.7 Å². The van der Waals surface area contributed by atoms with Crippen molar-refractivity contribution < 1.29 is 4.74 Å². The summed E-state index contributed by atoms with van der Waals surface area (Å²) < 4.78 is 6.90. The second kappa shape index (κ2) is 4.89. The largest absolute Gasteiger partial charge is 0.489 e. The average Bonchev–Trinajstić information content (AvgIpc) is 2.38. The van der Waals surface area contributed by atoms with E-state index in [4.69, 9.17) is 4.74 Å². The molecule has 3 heteroatoms. The van der Waals surface area contributed by atoms with E-state index in [1.807, 2.05) is 12.1 Å². The number of halogens is 1. The van der Waals surface area contributed by atoms with E-state index in [2.05, 4.69) is 59.4 Å². The Morgan fingerprint density at radius 3 is 2.79 bits per heavy atom. The number of hydrogen-bond donors (Lipinski definition) is 1. The van der Waals surface area contributed by atoms with Crippen molar-refractivity contribution in [2.75, 3.05) is 11.9 Å². The van der Waals surface area contributed by atoms with Crippen molar-refractivity contribution in [2.24, 2.45) is 0 Å². The van der Waals surface area contributed by atoms with Gasteiger partial charge in [-0.05, 0) is 43.2 Å². The van der Waals surface area contributed by atoms with Crippen LogP contribution in [0.15, 0.2) is 40.9 Å². The van der Waals surface area contributed by atoms with Crippen molar-refractivity contribution in [3.05, 3.63) is 57.6 Å². The molecule has 3 rings (SSSR count). The fourth-order valence-corrected chi connectivity index (χ4v) is 2.86. The van der Waals surface area contributed by atoms with E-state index in [9.17, 15) is 0 Å². The first kappa shape index (κ1) is 12.5. The summed E-state index contributed by atoms with van der Waals surface area (Å²) in [5.74, 6) is 0.912. The molecule has 2 nitrogen and oxygen atoms in total. The number of nitrogens with one attached hydrogen (secondary N) is 1. The van der Waals surface area contributed by atoms with Crippen LogP contribution < -0.4 is 10.1 Å². The van der Waals surface area contributed by atoms with Gasteiger partial charge in [-0.3, -0.25) is 0 Å². The fraction of sp³-hybridized carbons (Fsp3) is 0.250. The first-order valence-electron chi connectivity index (χ1n) is 6.39. The van der Waals surface area contributed by atoms with Gasteiger partial charge in [-0.1, -0.05) is 39.7 Å². The maximum absolute atomic E-state index is 5.86. The minimum atomic E-state index is 0.217. The molecule has 1 heterocycles. The Bertz CT molecular complexity index is 624. The van der Waals surface area contributed by atoms with Crippen LogP contribution in [0.5, 0.6) is 5.75 Å². The smallest absolute Gasteiger partial charge is 0.143 e. The Hall–Kier alpha value is -1.48. The molecule has 0 aliphatic carbocycles. The molecular formula is C16H16BrNO. The zero-order valence-corrected chi connectivity index (χ0v) is 12.6. The van der Waals surface area contributed by atoms with E-state index in [1.54, 1.807) is 0 Å². The topological polar surface area (TPSA) is 21.3 Å². The van der Waals surface area contributed by atoms with Gasteiger partial charge in [-0.25, -0.2) is 0 Å². The van der Waals surface area contributed by atoms with E-state index >= 15 is 0 Å². The molecule has 1 N–H and O–H groups in total. The molecule has 1 atom stereocenters. The summed E-state index contributed by atoms with van der Waals surface area (Å²) in [5.41, 5.74) is 4.96. The van der Waals surface area contributed by atoms with Crippen molar-refractivity contribution in [3.8, 4) is 5.75 Å². The van der Waals surface area contributed by atoms with Crippen LogP contribution in [0.25, 0.3) is 0 Å². The molecule has 19 heavy (non-hydrogen) atoms. The molecule has 1 aliphatic rings. The van der Waals surface area contributed by atoms with Crippen molar-refractivity contribution in [2.45, 2.75) is 19.9 Å². The van der Waals surface area contributed by atoms with Crippen molar-refractivity contribution in [1.82, 2.24) is 0 Å². The third kappa shape index (κ3) is 2.47. The monoisotopic (exact) mass is 317 g/mol. The highest BCUT2D eigenvalue weighted by atomic mass is 79.9. The number of benzene rings is 2. The second-order valence-electron chi connectivity index (χ2n) is 5.01. The highest BCUT2D eigenvalue weighted by Crippen LogP contribution is 2.36. The molecule has 0 spiro atoms. The van der Waals surface area contributed by atoms with Crippen LogP contribution in [-0.2, 0) is 0 Å². The zero-order chi connectivity index (χ0) is 13.4. The van der Waals surface area contributed by atoms with Gasteiger partial charge in [0, 0.05) is 4.47 Å². The highest BCUT2D eigenvalue weighted by molar-refractivity contribution is 9.10. The molecule has 2 aromatic rings. The molecule has 0 fully saturated rings. The summed E-state index contributed by atoms with van der Waals surface area (Å²) in [6.07, 6.45) is 0. The Kier molecular flexibility index (Phi) is 3.23. The fourth-order valence-electron chi connectivity index (χ4n) is 2.52. The average molecular weight is 318 g/mol. The summed E-state index contributed by atoms with van der Waals surface area (Å²) in [4.78, 5) is 0. The summed E-state index contributed by atoms with van der Waals surface area (Å²) in [6, 6.07) is 12.9. The Morgan fingerprint density at radius 2 is 2.00 bits per heavy atom. The van der Waals surface area contributed by atoms with Crippen LogP contribution in [0.1, 0.15) is 22.7 Å². The van der Waals surface area contributed by atoms with E-state index in [1.165, 1.54) is 16.7 Å². The number of hydrogen-bond acceptors (Lipinski definition) is 2. The minimum absolute atomic E-state index is 0.217. The Morgan fingerprint density at radius 1 is 1.16 bits per heavy atom. The molecule has 98 valence electrons. The second-order valence-corrected chi connectivity index (χ2v) is 5.92. The molecule has 1 unspecified atom stereocenters. The van der Waals surface area contributed by atoms with Gasteiger partial charge in [0.15, 0.2) is 0 Å². The zero-order valence-electron chi connectivity index (χ0n) is 11.0. The maximum Gasteiger partial charge on any atom is 0.143 e. The lowest BCUT2D eigenvalue weighted by Crippen LogP contribution is -2.24. The van der Waals surface area contributed by atoms with Crippen molar-refractivity contribution in [3.63, 3.8) is 0 Å². The summed E-state index contributed by atoms with van der Waals surface area (Å²) in [5, 5.41) is 3.55. The molecule has 0 saturated heterocycles. The predicted octanol–water partition coefficient (Wildman–Crippen LogP) is 4.61. The lowest BCUT2D eigenvalue weighted by Gasteiger charge is -2.29. The Labute approximate surface area is 121 Å². The van der Waals surface area contributed by atoms with Gasteiger partial charge < -0.3 is 10.1 Å². The number of aryl methyl sites for hydroxylation is 2. The lowest BCUT2D eigenvalue weighted by molar-refractivity contribution is 0.286. The van der Waals surface area contributed by atoms with Crippen molar-refractivity contribution in [1.29, 1.82) is 0 Å². The van der Waals surface area contributed by atoms with Gasteiger partial charge in [0.25, 0.3) is 0 Å². The molecule has 0 bridgehead atoms. The predicted molar refractivity (Wildman–Crippen MR) is 81.9 cm³/mol. The van der Waals surface area contributed by atoms with Crippen molar-refractivity contribution >= 4 is 21.6 Å². The van der Waals surface area contributed by atoms with Gasteiger partial charge in [0.2, 0.25) is 0 Å². The molecule has 1 aliphatic heterocycles.